The average molecular weight is 259 g/mol. The molecule has 0 radical (unpaired) electrons. The quantitative estimate of drug-likeness (QED) is 0.792. The SMILES string of the molecule is CO[C@@H](C)COC(=O)c1ccc2nc(C)ccc2c1. The first-order valence-electron chi connectivity index (χ1n) is 6.17. The van der Waals surface area contributed by atoms with E-state index in [2.05, 4.69) is 4.98 Å². The van der Waals surface area contributed by atoms with E-state index in [4.69, 9.17) is 9.47 Å². The lowest BCUT2D eigenvalue weighted by Gasteiger charge is -2.10. The molecule has 0 aliphatic rings. The van der Waals surface area contributed by atoms with E-state index in [1.807, 2.05) is 32.0 Å². The van der Waals surface area contributed by atoms with Crippen LogP contribution >= 0.6 is 0 Å². The van der Waals surface area contributed by atoms with Gasteiger partial charge in [-0.05, 0) is 38.1 Å². The van der Waals surface area contributed by atoms with Gasteiger partial charge in [0.25, 0.3) is 0 Å². The highest BCUT2D eigenvalue weighted by molar-refractivity contribution is 5.94. The minimum absolute atomic E-state index is 0.103. The highest BCUT2D eigenvalue weighted by Crippen LogP contribution is 2.15. The van der Waals surface area contributed by atoms with E-state index in [9.17, 15) is 4.79 Å². The fourth-order valence-corrected chi connectivity index (χ4v) is 1.70. The van der Waals surface area contributed by atoms with Crippen molar-refractivity contribution in [3.63, 3.8) is 0 Å². The minimum Gasteiger partial charge on any atom is -0.459 e. The molecule has 0 saturated carbocycles. The van der Waals surface area contributed by atoms with Gasteiger partial charge >= 0.3 is 5.97 Å². The summed E-state index contributed by atoms with van der Waals surface area (Å²) in [6, 6.07) is 9.23. The second-order valence-corrected chi connectivity index (χ2v) is 4.50. The highest BCUT2D eigenvalue weighted by atomic mass is 16.6. The first-order chi connectivity index (χ1) is 9.10. The number of carbonyl (C=O) groups excluding carboxylic acids is 1. The molecule has 19 heavy (non-hydrogen) atoms. The summed E-state index contributed by atoms with van der Waals surface area (Å²) in [5, 5.41) is 0.930. The fourth-order valence-electron chi connectivity index (χ4n) is 1.70. The fraction of sp³-hybridized carbons (Fsp3) is 0.333. The van der Waals surface area contributed by atoms with E-state index < -0.39 is 0 Å². The number of pyridine rings is 1. The van der Waals surface area contributed by atoms with E-state index in [0.29, 0.717) is 5.56 Å². The summed E-state index contributed by atoms with van der Waals surface area (Å²) in [4.78, 5) is 16.3. The topological polar surface area (TPSA) is 48.4 Å². The van der Waals surface area contributed by atoms with Gasteiger partial charge in [-0.25, -0.2) is 4.79 Å². The molecule has 0 aliphatic carbocycles. The summed E-state index contributed by atoms with van der Waals surface area (Å²) in [6.45, 7) is 4.04. The van der Waals surface area contributed by atoms with Crippen LogP contribution in [0.3, 0.4) is 0 Å². The third-order valence-electron chi connectivity index (χ3n) is 2.92. The zero-order chi connectivity index (χ0) is 13.8. The molecule has 2 aromatic rings. The number of esters is 1. The Morgan fingerprint density at radius 2 is 2.11 bits per heavy atom. The minimum atomic E-state index is -0.341. The third kappa shape index (κ3) is 3.29. The van der Waals surface area contributed by atoms with E-state index in [1.165, 1.54) is 0 Å². The number of rotatable bonds is 4. The Morgan fingerprint density at radius 1 is 1.32 bits per heavy atom. The molecule has 0 spiro atoms. The van der Waals surface area contributed by atoms with Gasteiger partial charge in [-0.15, -0.1) is 0 Å². The highest BCUT2D eigenvalue weighted by Gasteiger charge is 2.10. The number of carbonyl (C=O) groups is 1. The number of nitrogens with zero attached hydrogens (tertiary/aromatic N) is 1. The number of methoxy groups -OCH3 is 1. The van der Waals surface area contributed by atoms with Gasteiger partial charge in [0, 0.05) is 18.2 Å². The van der Waals surface area contributed by atoms with Crippen LogP contribution in [0.15, 0.2) is 30.3 Å². The normalized spacial score (nSPS) is 12.4. The Bertz CT molecular complexity index is 595. The molecule has 0 bridgehead atoms. The molecule has 0 saturated heterocycles. The van der Waals surface area contributed by atoms with Crippen molar-refractivity contribution >= 4 is 16.9 Å². The van der Waals surface area contributed by atoms with Crippen LogP contribution in [0.5, 0.6) is 0 Å². The van der Waals surface area contributed by atoms with Crippen LogP contribution < -0.4 is 0 Å². The maximum atomic E-state index is 11.9. The zero-order valence-electron chi connectivity index (χ0n) is 11.3. The van der Waals surface area contributed by atoms with Gasteiger partial charge in [0.05, 0.1) is 17.2 Å². The predicted octanol–water partition coefficient (Wildman–Crippen LogP) is 2.73. The molecule has 0 amide bonds. The molecule has 0 aliphatic heterocycles. The molecule has 100 valence electrons. The van der Waals surface area contributed by atoms with Crippen LogP contribution in [0.1, 0.15) is 23.0 Å². The number of hydrogen-bond acceptors (Lipinski definition) is 4. The number of fused-ring (bicyclic) bond motifs is 1. The second kappa shape index (κ2) is 5.80. The lowest BCUT2D eigenvalue weighted by atomic mass is 10.1. The van der Waals surface area contributed by atoms with Crippen LogP contribution in [0.4, 0.5) is 0 Å². The van der Waals surface area contributed by atoms with Gasteiger partial charge < -0.3 is 9.47 Å². The van der Waals surface area contributed by atoms with Crippen LogP contribution in [-0.2, 0) is 9.47 Å². The zero-order valence-corrected chi connectivity index (χ0v) is 11.3. The Kier molecular flexibility index (Phi) is 4.12. The summed E-state index contributed by atoms with van der Waals surface area (Å²) in [7, 11) is 1.59. The summed E-state index contributed by atoms with van der Waals surface area (Å²) in [5.41, 5.74) is 2.36. The van der Waals surface area contributed by atoms with Crippen molar-refractivity contribution in [2.75, 3.05) is 13.7 Å². The second-order valence-electron chi connectivity index (χ2n) is 4.50. The largest absolute Gasteiger partial charge is 0.459 e. The number of ether oxygens (including phenoxy) is 2. The molecule has 1 aromatic heterocycles. The predicted molar refractivity (Wildman–Crippen MR) is 73.2 cm³/mol. The first kappa shape index (κ1) is 13.5. The molecule has 0 fully saturated rings. The van der Waals surface area contributed by atoms with Crippen molar-refractivity contribution in [2.24, 2.45) is 0 Å². The van der Waals surface area contributed by atoms with Gasteiger partial charge in [-0.1, -0.05) is 6.07 Å². The summed E-state index contributed by atoms with van der Waals surface area (Å²) in [6.07, 6.45) is -0.103. The molecule has 4 nitrogen and oxygen atoms in total. The number of aryl methyl sites for hydroxylation is 1. The Hall–Kier alpha value is -1.94. The van der Waals surface area contributed by atoms with Gasteiger partial charge in [0.15, 0.2) is 0 Å². The molecular formula is C15H17NO3. The standard InChI is InChI=1S/C15H17NO3/c1-10-4-5-12-8-13(6-7-14(12)16-10)15(17)19-9-11(2)18-3/h4-8,11H,9H2,1-3H3/t11-/m0/s1. The van der Waals surface area contributed by atoms with Gasteiger partial charge in [-0.3, -0.25) is 4.98 Å². The first-order valence-corrected chi connectivity index (χ1v) is 6.17. The van der Waals surface area contributed by atoms with Crippen molar-refractivity contribution in [1.82, 2.24) is 4.98 Å². The maximum absolute atomic E-state index is 11.9. The molecular weight excluding hydrogens is 242 g/mol. The van der Waals surface area contributed by atoms with E-state index >= 15 is 0 Å². The summed E-state index contributed by atoms with van der Waals surface area (Å²) < 4.78 is 10.2. The molecule has 4 heteroatoms. The molecule has 1 aromatic carbocycles. The van der Waals surface area contributed by atoms with Crippen LogP contribution in [0, 0.1) is 6.92 Å². The summed E-state index contributed by atoms with van der Waals surface area (Å²) in [5.74, 6) is -0.341. The van der Waals surface area contributed by atoms with Crippen molar-refractivity contribution in [2.45, 2.75) is 20.0 Å². The van der Waals surface area contributed by atoms with Crippen molar-refractivity contribution in [3.05, 3.63) is 41.6 Å². The maximum Gasteiger partial charge on any atom is 0.338 e. The number of hydrogen-bond donors (Lipinski definition) is 0. The lowest BCUT2D eigenvalue weighted by Crippen LogP contribution is -2.17. The molecule has 1 heterocycles. The van der Waals surface area contributed by atoms with Crippen molar-refractivity contribution in [1.29, 1.82) is 0 Å². The average Bonchev–Trinajstić information content (AvgIpc) is 2.43. The lowest BCUT2D eigenvalue weighted by molar-refractivity contribution is 0.0169. The Morgan fingerprint density at radius 3 is 2.84 bits per heavy atom. The van der Waals surface area contributed by atoms with Gasteiger partial charge in [-0.2, -0.15) is 0 Å². The molecule has 0 unspecified atom stereocenters. The van der Waals surface area contributed by atoms with Gasteiger partial charge in [0.1, 0.15) is 6.61 Å². The summed E-state index contributed by atoms with van der Waals surface area (Å²) >= 11 is 0. The number of aromatic nitrogens is 1. The molecule has 2 rings (SSSR count). The Labute approximate surface area is 112 Å². The van der Waals surface area contributed by atoms with E-state index in [-0.39, 0.29) is 18.7 Å². The van der Waals surface area contributed by atoms with Crippen LogP contribution in [0.2, 0.25) is 0 Å². The van der Waals surface area contributed by atoms with E-state index in [1.54, 1.807) is 19.2 Å². The third-order valence-corrected chi connectivity index (χ3v) is 2.92. The van der Waals surface area contributed by atoms with Gasteiger partial charge in [0.2, 0.25) is 0 Å². The van der Waals surface area contributed by atoms with Crippen molar-refractivity contribution in [3.8, 4) is 0 Å². The smallest absolute Gasteiger partial charge is 0.338 e. The van der Waals surface area contributed by atoms with E-state index in [0.717, 1.165) is 16.6 Å². The molecule has 1 atom stereocenters. The monoisotopic (exact) mass is 259 g/mol. The van der Waals surface area contributed by atoms with Crippen molar-refractivity contribution < 1.29 is 14.3 Å². The van der Waals surface area contributed by atoms with Crippen LogP contribution in [-0.4, -0.2) is 30.8 Å². The van der Waals surface area contributed by atoms with Crippen LogP contribution in [0.25, 0.3) is 10.9 Å². The molecule has 0 N–H and O–H groups in total. The number of benzene rings is 1. The Balaban J connectivity index is 2.16.